The summed E-state index contributed by atoms with van der Waals surface area (Å²) in [4.78, 5) is 20.0. The maximum absolute atomic E-state index is 11.9. The SMILES string of the molecule is CC(C)c1ncc(Cl)c(C(=O)NCCNS(C)(=O)=O)n1. The molecule has 0 bridgehead atoms. The van der Waals surface area contributed by atoms with Crippen LogP contribution in [-0.2, 0) is 10.0 Å². The molecule has 2 N–H and O–H groups in total. The molecule has 0 atom stereocenters. The summed E-state index contributed by atoms with van der Waals surface area (Å²) in [5.41, 5.74) is 0.0877. The van der Waals surface area contributed by atoms with Gasteiger partial charge < -0.3 is 5.32 Å². The monoisotopic (exact) mass is 320 g/mol. The third kappa shape index (κ3) is 5.40. The second-order valence-corrected chi connectivity index (χ2v) is 6.74. The molecule has 20 heavy (non-hydrogen) atoms. The lowest BCUT2D eigenvalue weighted by Crippen LogP contribution is -2.34. The Labute approximate surface area is 123 Å². The molecule has 0 aromatic carbocycles. The highest BCUT2D eigenvalue weighted by Crippen LogP contribution is 2.15. The van der Waals surface area contributed by atoms with E-state index in [4.69, 9.17) is 11.6 Å². The number of hydrogen-bond acceptors (Lipinski definition) is 5. The van der Waals surface area contributed by atoms with E-state index in [1.165, 1.54) is 6.20 Å². The third-order valence-corrected chi connectivity index (χ3v) is 3.27. The molecule has 0 aliphatic heterocycles. The van der Waals surface area contributed by atoms with Crippen LogP contribution >= 0.6 is 11.6 Å². The van der Waals surface area contributed by atoms with Crippen molar-refractivity contribution in [3.05, 3.63) is 22.7 Å². The average Bonchev–Trinajstić information content (AvgIpc) is 2.33. The second-order valence-electron chi connectivity index (χ2n) is 4.50. The van der Waals surface area contributed by atoms with Crippen LogP contribution in [0.2, 0.25) is 5.02 Å². The topological polar surface area (TPSA) is 101 Å². The lowest BCUT2D eigenvalue weighted by molar-refractivity contribution is 0.0949. The van der Waals surface area contributed by atoms with Gasteiger partial charge in [-0.3, -0.25) is 4.79 Å². The molecule has 0 spiro atoms. The Balaban J connectivity index is 2.65. The molecule has 0 aliphatic rings. The first kappa shape index (κ1) is 16.8. The van der Waals surface area contributed by atoms with E-state index in [1.807, 2.05) is 13.8 Å². The molecule has 0 saturated heterocycles. The fourth-order valence-electron chi connectivity index (χ4n) is 1.31. The van der Waals surface area contributed by atoms with E-state index in [9.17, 15) is 13.2 Å². The van der Waals surface area contributed by atoms with E-state index in [1.54, 1.807) is 0 Å². The minimum absolute atomic E-state index is 0.0747. The molecule has 1 amide bonds. The van der Waals surface area contributed by atoms with Crippen molar-refractivity contribution in [3.63, 3.8) is 0 Å². The van der Waals surface area contributed by atoms with Crippen LogP contribution in [0.15, 0.2) is 6.20 Å². The lowest BCUT2D eigenvalue weighted by Gasteiger charge is -2.09. The van der Waals surface area contributed by atoms with Crippen molar-refractivity contribution in [2.75, 3.05) is 19.3 Å². The first-order chi connectivity index (χ1) is 9.20. The van der Waals surface area contributed by atoms with E-state index in [0.717, 1.165) is 6.26 Å². The van der Waals surface area contributed by atoms with Crippen molar-refractivity contribution in [2.24, 2.45) is 0 Å². The van der Waals surface area contributed by atoms with Gasteiger partial charge in [-0.25, -0.2) is 23.1 Å². The van der Waals surface area contributed by atoms with Crippen LogP contribution < -0.4 is 10.0 Å². The highest BCUT2D eigenvalue weighted by Gasteiger charge is 2.15. The smallest absolute Gasteiger partial charge is 0.271 e. The summed E-state index contributed by atoms with van der Waals surface area (Å²) in [7, 11) is -3.27. The first-order valence-corrected chi connectivity index (χ1v) is 8.23. The quantitative estimate of drug-likeness (QED) is 0.745. The summed E-state index contributed by atoms with van der Waals surface area (Å²) in [6.07, 6.45) is 2.43. The second kappa shape index (κ2) is 6.96. The summed E-state index contributed by atoms with van der Waals surface area (Å²) in [6.45, 7) is 4.05. The number of sulfonamides is 1. The maximum atomic E-state index is 11.9. The van der Waals surface area contributed by atoms with Gasteiger partial charge in [0.15, 0.2) is 0 Å². The number of nitrogens with zero attached hydrogens (tertiary/aromatic N) is 2. The predicted octanol–water partition coefficient (Wildman–Crippen LogP) is 0.532. The van der Waals surface area contributed by atoms with Gasteiger partial charge in [-0.05, 0) is 0 Å². The Hall–Kier alpha value is -1.25. The summed E-state index contributed by atoms with van der Waals surface area (Å²) in [6, 6.07) is 0. The van der Waals surface area contributed by atoms with Gasteiger partial charge >= 0.3 is 0 Å². The lowest BCUT2D eigenvalue weighted by atomic mass is 10.2. The molecule has 1 aromatic heterocycles. The van der Waals surface area contributed by atoms with Gasteiger partial charge in [0.05, 0.1) is 17.5 Å². The molecule has 1 rings (SSSR count). The average molecular weight is 321 g/mol. The van der Waals surface area contributed by atoms with Crippen LogP contribution in [0.1, 0.15) is 36.1 Å². The number of hydrogen-bond donors (Lipinski definition) is 2. The van der Waals surface area contributed by atoms with Crippen molar-refractivity contribution in [1.29, 1.82) is 0 Å². The number of nitrogens with one attached hydrogen (secondary N) is 2. The number of rotatable bonds is 6. The van der Waals surface area contributed by atoms with Crippen molar-refractivity contribution < 1.29 is 13.2 Å². The third-order valence-electron chi connectivity index (χ3n) is 2.27. The molecule has 0 saturated carbocycles. The van der Waals surface area contributed by atoms with Gasteiger partial charge in [0, 0.05) is 19.0 Å². The molecule has 0 radical (unpaired) electrons. The number of carbonyl (C=O) groups is 1. The molecule has 112 valence electrons. The number of halogens is 1. The van der Waals surface area contributed by atoms with E-state index in [-0.39, 0.29) is 29.7 Å². The largest absolute Gasteiger partial charge is 0.349 e. The Morgan fingerprint density at radius 3 is 2.60 bits per heavy atom. The minimum Gasteiger partial charge on any atom is -0.349 e. The van der Waals surface area contributed by atoms with Crippen LogP contribution in [0.4, 0.5) is 0 Å². The summed E-state index contributed by atoms with van der Waals surface area (Å²) < 4.78 is 24.0. The minimum atomic E-state index is -3.27. The molecule has 0 aliphatic carbocycles. The van der Waals surface area contributed by atoms with Gasteiger partial charge in [-0.2, -0.15) is 0 Å². The highest BCUT2D eigenvalue weighted by atomic mass is 35.5. The molecule has 7 nitrogen and oxygen atoms in total. The van der Waals surface area contributed by atoms with Crippen LogP contribution in [0.5, 0.6) is 0 Å². The van der Waals surface area contributed by atoms with Crippen LogP contribution in [0, 0.1) is 0 Å². The zero-order valence-corrected chi connectivity index (χ0v) is 13.0. The van der Waals surface area contributed by atoms with Crippen LogP contribution in [0.25, 0.3) is 0 Å². The molecule has 1 heterocycles. The highest BCUT2D eigenvalue weighted by molar-refractivity contribution is 7.88. The van der Waals surface area contributed by atoms with Gasteiger partial charge in [-0.1, -0.05) is 25.4 Å². The zero-order valence-electron chi connectivity index (χ0n) is 11.5. The Morgan fingerprint density at radius 2 is 2.05 bits per heavy atom. The van der Waals surface area contributed by atoms with E-state index in [2.05, 4.69) is 20.0 Å². The van der Waals surface area contributed by atoms with Gasteiger partial charge in [0.2, 0.25) is 10.0 Å². The first-order valence-electron chi connectivity index (χ1n) is 5.96. The van der Waals surface area contributed by atoms with Crippen molar-refractivity contribution in [2.45, 2.75) is 19.8 Å². The van der Waals surface area contributed by atoms with Crippen molar-refractivity contribution >= 4 is 27.5 Å². The summed E-state index contributed by atoms with van der Waals surface area (Å²) in [5.74, 6) is 0.133. The van der Waals surface area contributed by atoms with Crippen LogP contribution in [-0.4, -0.2) is 43.6 Å². The van der Waals surface area contributed by atoms with Gasteiger partial charge in [-0.15, -0.1) is 0 Å². The Bertz CT molecular complexity index is 589. The Morgan fingerprint density at radius 1 is 1.40 bits per heavy atom. The molecular weight excluding hydrogens is 304 g/mol. The summed E-state index contributed by atoms with van der Waals surface area (Å²) in [5, 5.41) is 2.69. The van der Waals surface area contributed by atoms with E-state index < -0.39 is 15.9 Å². The van der Waals surface area contributed by atoms with Gasteiger partial charge in [0.25, 0.3) is 5.91 Å². The number of carbonyl (C=O) groups excluding carboxylic acids is 1. The molecule has 9 heteroatoms. The molecule has 0 fully saturated rings. The van der Waals surface area contributed by atoms with Crippen molar-refractivity contribution in [1.82, 2.24) is 20.0 Å². The normalized spacial score (nSPS) is 11.7. The molecule has 0 unspecified atom stereocenters. The fraction of sp³-hybridized carbons (Fsp3) is 0.545. The Kier molecular flexibility index (Phi) is 5.85. The van der Waals surface area contributed by atoms with Gasteiger partial charge in [0.1, 0.15) is 11.5 Å². The molecular formula is C11H17ClN4O3S. The van der Waals surface area contributed by atoms with E-state index in [0.29, 0.717) is 5.82 Å². The predicted molar refractivity (Wildman–Crippen MR) is 76.3 cm³/mol. The van der Waals surface area contributed by atoms with E-state index >= 15 is 0 Å². The van der Waals surface area contributed by atoms with Crippen LogP contribution in [0.3, 0.4) is 0 Å². The molecule has 1 aromatic rings. The number of amides is 1. The fourth-order valence-corrected chi connectivity index (χ4v) is 1.96. The maximum Gasteiger partial charge on any atom is 0.271 e. The zero-order chi connectivity index (χ0) is 15.3. The standard InChI is InChI=1S/C11H17ClN4O3S/c1-7(2)10-14-6-8(12)9(16-10)11(17)13-4-5-15-20(3,18)19/h6-7,15H,4-5H2,1-3H3,(H,13,17). The summed E-state index contributed by atoms with van der Waals surface area (Å²) >= 11 is 5.88. The van der Waals surface area contributed by atoms with Crippen molar-refractivity contribution in [3.8, 4) is 0 Å². The number of aromatic nitrogens is 2.